The van der Waals surface area contributed by atoms with Gasteiger partial charge in [-0.05, 0) is 57.9 Å². The minimum Gasteiger partial charge on any atom is -0.382 e. The van der Waals surface area contributed by atoms with E-state index in [2.05, 4.69) is 10.0 Å². The summed E-state index contributed by atoms with van der Waals surface area (Å²) in [7, 11) is -3.41. The lowest BCUT2D eigenvalue weighted by Gasteiger charge is -2.36. The fourth-order valence-electron chi connectivity index (χ4n) is 2.40. The van der Waals surface area contributed by atoms with Gasteiger partial charge in [0.2, 0.25) is 10.0 Å². The molecule has 118 valence electrons. The zero-order valence-corrected chi connectivity index (χ0v) is 13.6. The summed E-state index contributed by atoms with van der Waals surface area (Å²) >= 11 is 0. The Morgan fingerprint density at radius 3 is 2.38 bits per heavy atom. The first-order valence-corrected chi connectivity index (χ1v) is 8.89. The molecule has 2 N–H and O–H groups in total. The molecule has 0 radical (unpaired) electrons. The van der Waals surface area contributed by atoms with Gasteiger partial charge in [-0.1, -0.05) is 0 Å². The maximum atomic E-state index is 12.0. The van der Waals surface area contributed by atoms with Crippen LogP contribution in [0.3, 0.4) is 0 Å². The fourth-order valence-corrected chi connectivity index (χ4v) is 3.65. The second kappa shape index (κ2) is 6.77. The molecule has 0 aromatic heterocycles. The molecule has 21 heavy (non-hydrogen) atoms. The van der Waals surface area contributed by atoms with Crippen molar-refractivity contribution in [3.05, 3.63) is 24.3 Å². The van der Waals surface area contributed by atoms with Gasteiger partial charge < -0.3 is 10.1 Å². The van der Waals surface area contributed by atoms with E-state index in [1.54, 1.807) is 26.0 Å². The third-order valence-electron chi connectivity index (χ3n) is 3.42. The highest BCUT2D eigenvalue weighted by atomic mass is 32.2. The van der Waals surface area contributed by atoms with E-state index in [-0.39, 0.29) is 6.04 Å². The molecule has 1 aliphatic rings. The van der Waals surface area contributed by atoms with Crippen molar-refractivity contribution in [1.82, 2.24) is 4.72 Å². The van der Waals surface area contributed by atoms with Gasteiger partial charge in [-0.3, -0.25) is 0 Å². The number of rotatable bonds is 7. The van der Waals surface area contributed by atoms with Crippen LogP contribution >= 0.6 is 0 Å². The van der Waals surface area contributed by atoms with Crippen LogP contribution in [0.2, 0.25) is 0 Å². The number of anilines is 1. The minimum atomic E-state index is -3.41. The summed E-state index contributed by atoms with van der Waals surface area (Å²) < 4.78 is 32.1. The molecule has 5 nitrogen and oxygen atoms in total. The second-order valence-electron chi connectivity index (χ2n) is 5.69. The van der Waals surface area contributed by atoms with E-state index in [9.17, 15) is 8.42 Å². The largest absolute Gasteiger partial charge is 0.382 e. The van der Waals surface area contributed by atoms with Gasteiger partial charge in [0.25, 0.3) is 0 Å². The summed E-state index contributed by atoms with van der Waals surface area (Å²) in [5, 5.41) is 3.39. The van der Waals surface area contributed by atoms with Gasteiger partial charge in [-0.25, -0.2) is 13.1 Å². The average Bonchev–Trinajstić information content (AvgIpc) is 2.35. The maximum absolute atomic E-state index is 12.0. The van der Waals surface area contributed by atoms with E-state index < -0.39 is 10.0 Å². The summed E-state index contributed by atoms with van der Waals surface area (Å²) in [5.41, 5.74) is 0.943. The van der Waals surface area contributed by atoms with Gasteiger partial charge in [0.1, 0.15) is 0 Å². The van der Waals surface area contributed by atoms with E-state index in [1.807, 2.05) is 19.1 Å². The molecule has 1 aromatic carbocycles. The van der Waals surface area contributed by atoms with Crippen LogP contribution in [-0.4, -0.2) is 33.2 Å². The smallest absolute Gasteiger partial charge is 0.240 e. The van der Waals surface area contributed by atoms with Crippen LogP contribution in [0.4, 0.5) is 5.69 Å². The van der Waals surface area contributed by atoms with Crippen LogP contribution in [0.5, 0.6) is 0 Å². The zero-order valence-electron chi connectivity index (χ0n) is 12.8. The standard InChI is InChI=1S/C15H24N2O3S/c1-4-20-14-9-13(10-14)16-12-5-7-15(8-6-12)21(18,19)17-11(2)3/h5-8,11,13-14,16-17H,4,9-10H2,1-3H3. The Morgan fingerprint density at radius 1 is 1.24 bits per heavy atom. The van der Waals surface area contributed by atoms with E-state index in [0.29, 0.717) is 17.0 Å². The molecule has 1 aromatic rings. The molecule has 0 spiro atoms. The highest BCUT2D eigenvalue weighted by Crippen LogP contribution is 2.27. The molecule has 6 heteroatoms. The Labute approximate surface area is 127 Å². The summed E-state index contributed by atoms with van der Waals surface area (Å²) in [6, 6.07) is 7.18. The third-order valence-corrected chi connectivity index (χ3v) is 5.10. The van der Waals surface area contributed by atoms with Crippen LogP contribution in [0.25, 0.3) is 0 Å². The van der Waals surface area contributed by atoms with Gasteiger partial charge in [0, 0.05) is 24.4 Å². The van der Waals surface area contributed by atoms with Crippen molar-refractivity contribution in [2.75, 3.05) is 11.9 Å². The Morgan fingerprint density at radius 2 is 1.86 bits per heavy atom. The molecule has 0 atom stereocenters. The zero-order chi connectivity index (χ0) is 15.5. The van der Waals surface area contributed by atoms with Crippen LogP contribution < -0.4 is 10.0 Å². The maximum Gasteiger partial charge on any atom is 0.240 e. The Hall–Kier alpha value is -1.11. The van der Waals surface area contributed by atoms with E-state index in [0.717, 1.165) is 25.1 Å². The van der Waals surface area contributed by atoms with Crippen LogP contribution in [0, 0.1) is 0 Å². The van der Waals surface area contributed by atoms with Crippen molar-refractivity contribution >= 4 is 15.7 Å². The summed E-state index contributed by atoms with van der Waals surface area (Å²) in [6.07, 6.45) is 2.37. The molecule has 0 unspecified atom stereocenters. The molecule has 1 aliphatic carbocycles. The van der Waals surface area contributed by atoms with Gasteiger partial charge in [0.05, 0.1) is 11.0 Å². The van der Waals surface area contributed by atoms with Crippen molar-refractivity contribution in [3.63, 3.8) is 0 Å². The van der Waals surface area contributed by atoms with Crippen molar-refractivity contribution < 1.29 is 13.2 Å². The van der Waals surface area contributed by atoms with Gasteiger partial charge in [-0.2, -0.15) is 0 Å². The quantitative estimate of drug-likeness (QED) is 0.811. The molecule has 0 saturated heterocycles. The number of hydrogen-bond acceptors (Lipinski definition) is 4. The topological polar surface area (TPSA) is 67.4 Å². The van der Waals surface area contributed by atoms with E-state index >= 15 is 0 Å². The molecular weight excluding hydrogens is 288 g/mol. The van der Waals surface area contributed by atoms with Crippen LogP contribution in [-0.2, 0) is 14.8 Å². The molecule has 0 heterocycles. The van der Waals surface area contributed by atoms with Crippen molar-refractivity contribution in [3.8, 4) is 0 Å². The first-order valence-electron chi connectivity index (χ1n) is 7.41. The highest BCUT2D eigenvalue weighted by Gasteiger charge is 2.29. The lowest BCUT2D eigenvalue weighted by atomic mass is 9.89. The lowest BCUT2D eigenvalue weighted by Crippen LogP contribution is -2.40. The number of nitrogens with one attached hydrogen (secondary N) is 2. The Balaban J connectivity index is 1.91. The van der Waals surface area contributed by atoms with Gasteiger partial charge >= 0.3 is 0 Å². The normalized spacial score (nSPS) is 22.1. The average molecular weight is 312 g/mol. The predicted octanol–water partition coefficient (Wildman–Crippen LogP) is 2.35. The molecule has 0 bridgehead atoms. The molecule has 1 fully saturated rings. The van der Waals surface area contributed by atoms with Crippen LogP contribution in [0.15, 0.2) is 29.2 Å². The van der Waals surface area contributed by atoms with E-state index in [4.69, 9.17) is 4.74 Å². The van der Waals surface area contributed by atoms with Crippen molar-refractivity contribution in [2.45, 2.75) is 56.7 Å². The first kappa shape index (κ1) is 16.3. The molecule has 0 aliphatic heterocycles. The molecular formula is C15H24N2O3S. The minimum absolute atomic E-state index is 0.113. The third kappa shape index (κ3) is 4.43. The summed E-state index contributed by atoms with van der Waals surface area (Å²) in [4.78, 5) is 0.294. The summed E-state index contributed by atoms with van der Waals surface area (Å²) in [5.74, 6) is 0. The van der Waals surface area contributed by atoms with Crippen molar-refractivity contribution in [2.24, 2.45) is 0 Å². The Kier molecular flexibility index (Phi) is 5.24. The molecule has 2 rings (SSSR count). The number of ether oxygens (including phenoxy) is 1. The first-order chi connectivity index (χ1) is 9.90. The predicted molar refractivity (Wildman–Crippen MR) is 84.0 cm³/mol. The second-order valence-corrected chi connectivity index (χ2v) is 7.40. The fraction of sp³-hybridized carbons (Fsp3) is 0.600. The monoisotopic (exact) mass is 312 g/mol. The molecule has 1 saturated carbocycles. The summed E-state index contributed by atoms with van der Waals surface area (Å²) in [6.45, 7) is 6.37. The highest BCUT2D eigenvalue weighted by molar-refractivity contribution is 7.89. The Bertz CT molecular complexity index is 549. The number of benzene rings is 1. The lowest BCUT2D eigenvalue weighted by molar-refractivity contribution is 0.00299. The SMILES string of the molecule is CCOC1CC(Nc2ccc(S(=O)(=O)NC(C)C)cc2)C1. The number of hydrogen-bond donors (Lipinski definition) is 2. The molecule has 0 amide bonds. The van der Waals surface area contributed by atoms with Crippen LogP contribution in [0.1, 0.15) is 33.6 Å². The van der Waals surface area contributed by atoms with Gasteiger partial charge in [-0.15, -0.1) is 0 Å². The van der Waals surface area contributed by atoms with Gasteiger partial charge in [0.15, 0.2) is 0 Å². The van der Waals surface area contributed by atoms with Crippen molar-refractivity contribution in [1.29, 1.82) is 0 Å². The number of sulfonamides is 1. The van der Waals surface area contributed by atoms with E-state index in [1.165, 1.54) is 0 Å².